The summed E-state index contributed by atoms with van der Waals surface area (Å²) in [5.41, 5.74) is 3.01. The van der Waals surface area contributed by atoms with Crippen molar-refractivity contribution in [2.24, 2.45) is 0 Å². The Balaban J connectivity index is 0.00000176. The standard InChI is InChI=1S/C19H16NO.BrH/c21-19(17-10-5-2-6-11-17)15-20-13-7-12-18(14-20)16-8-3-1-4-9-16;/h1-14H,15H2;1H/q+1;/p-1. The van der Waals surface area contributed by atoms with Crippen molar-refractivity contribution in [1.29, 1.82) is 0 Å². The van der Waals surface area contributed by atoms with E-state index in [2.05, 4.69) is 18.2 Å². The number of carbonyl (C=O) groups excluding carboxylic acids is 1. The monoisotopic (exact) mass is 353 g/mol. The molecule has 0 aliphatic carbocycles. The van der Waals surface area contributed by atoms with Crippen LogP contribution in [0.5, 0.6) is 0 Å². The average molecular weight is 354 g/mol. The van der Waals surface area contributed by atoms with Crippen LogP contribution in [0.3, 0.4) is 0 Å². The van der Waals surface area contributed by atoms with Gasteiger partial charge in [-0.2, -0.15) is 4.57 Å². The highest BCUT2D eigenvalue weighted by atomic mass is 79.9. The van der Waals surface area contributed by atoms with Crippen LogP contribution in [-0.4, -0.2) is 5.78 Å². The molecule has 2 aromatic carbocycles. The van der Waals surface area contributed by atoms with Crippen LogP contribution in [0.15, 0.2) is 85.2 Å². The van der Waals surface area contributed by atoms with Gasteiger partial charge in [-0.15, -0.1) is 0 Å². The van der Waals surface area contributed by atoms with Gasteiger partial charge in [0.2, 0.25) is 12.3 Å². The molecule has 0 fully saturated rings. The highest BCUT2D eigenvalue weighted by molar-refractivity contribution is 5.94. The lowest BCUT2D eigenvalue weighted by Gasteiger charge is -2.01. The molecule has 0 unspecified atom stereocenters. The maximum Gasteiger partial charge on any atom is 0.227 e. The molecule has 1 heterocycles. The van der Waals surface area contributed by atoms with Gasteiger partial charge in [-0.3, -0.25) is 4.79 Å². The summed E-state index contributed by atoms with van der Waals surface area (Å²) >= 11 is 0. The Labute approximate surface area is 140 Å². The Hall–Kier alpha value is -2.26. The zero-order valence-electron chi connectivity index (χ0n) is 12.0. The van der Waals surface area contributed by atoms with Crippen LogP contribution in [-0.2, 0) is 6.54 Å². The summed E-state index contributed by atoms with van der Waals surface area (Å²) in [6, 6.07) is 23.6. The maximum atomic E-state index is 12.2. The molecule has 0 saturated carbocycles. The molecule has 0 amide bonds. The second-order valence-corrected chi connectivity index (χ2v) is 4.92. The van der Waals surface area contributed by atoms with E-state index in [-0.39, 0.29) is 22.8 Å². The van der Waals surface area contributed by atoms with E-state index in [9.17, 15) is 4.79 Å². The molecule has 0 spiro atoms. The lowest BCUT2D eigenvalue weighted by Crippen LogP contribution is -3.00. The minimum absolute atomic E-state index is 0. The Morgan fingerprint density at radius 2 is 1.36 bits per heavy atom. The predicted octanol–water partition coefficient (Wildman–Crippen LogP) is 0.528. The smallest absolute Gasteiger partial charge is 0.227 e. The van der Waals surface area contributed by atoms with Crippen molar-refractivity contribution in [2.75, 3.05) is 0 Å². The lowest BCUT2D eigenvalue weighted by atomic mass is 10.1. The third-order valence-corrected chi connectivity index (χ3v) is 3.39. The molecule has 2 nitrogen and oxygen atoms in total. The number of pyridine rings is 1. The first kappa shape index (κ1) is 16.1. The van der Waals surface area contributed by atoms with E-state index < -0.39 is 0 Å². The Kier molecular flexibility index (Phi) is 5.61. The first-order valence-electron chi connectivity index (χ1n) is 6.96. The fraction of sp³-hybridized carbons (Fsp3) is 0.0526. The molecule has 22 heavy (non-hydrogen) atoms. The fourth-order valence-corrected chi connectivity index (χ4v) is 2.30. The van der Waals surface area contributed by atoms with Gasteiger partial charge in [0.1, 0.15) is 0 Å². The number of nitrogens with zero attached hydrogens (tertiary/aromatic N) is 1. The summed E-state index contributed by atoms with van der Waals surface area (Å²) in [4.78, 5) is 12.2. The molecule has 0 atom stereocenters. The second-order valence-electron chi connectivity index (χ2n) is 4.92. The minimum atomic E-state index is 0. The van der Waals surface area contributed by atoms with Gasteiger partial charge in [0.25, 0.3) is 0 Å². The first-order valence-corrected chi connectivity index (χ1v) is 6.96. The number of Topliss-reactive ketones (excluding diaryl/α,β-unsaturated/α-hetero) is 1. The first-order chi connectivity index (χ1) is 10.3. The number of aromatic nitrogens is 1. The molecule has 3 aromatic rings. The number of hydrogen-bond donors (Lipinski definition) is 0. The SMILES string of the molecule is O=C(C[n+]1cccc(-c2ccccc2)c1)c1ccccc1.[Br-]. The lowest BCUT2D eigenvalue weighted by molar-refractivity contribution is -0.682. The molecule has 0 bridgehead atoms. The molecular formula is C19H16BrNO. The van der Waals surface area contributed by atoms with E-state index in [1.807, 2.05) is 71.6 Å². The van der Waals surface area contributed by atoms with E-state index in [1.54, 1.807) is 0 Å². The largest absolute Gasteiger partial charge is 1.00 e. The van der Waals surface area contributed by atoms with Gasteiger partial charge >= 0.3 is 0 Å². The van der Waals surface area contributed by atoms with Crippen molar-refractivity contribution < 1.29 is 26.3 Å². The molecular weight excluding hydrogens is 338 g/mol. The van der Waals surface area contributed by atoms with Crippen molar-refractivity contribution in [3.8, 4) is 11.1 Å². The van der Waals surface area contributed by atoms with Crippen molar-refractivity contribution >= 4 is 5.78 Å². The van der Waals surface area contributed by atoms with Crippen LogP contribution >= 0.6 is 0 Å². The molecule has 3 rings (SSSR count). The van der Waals surface area contributed by atoms with Crippen LogP contribution in [0.25, 0.3) is 11.1 Å². The van der Waals surface area contributed by atoms with Gasteiger partial charge < -0.3 is 17.0 Å². The van der Waals surface area contributed by atoms with Crippen LogP contribution < -0.4 is 21.5 Å². The summed E-state index contributed by atoms with van der Waals surface area (Å²) in [6.45, 7) is 0.352. The van der Waals surface area contributed by atoms with Gasteiger partial charge in [0.15, 0.2) is 12.4 Å². The Bertz CT molecular complexity index is 742. The van der Waals surface area contributed by atoms with E-state index in [4.69, 9.17) is 0 Å². The normalized spacial score (nSPS) is 9.82. The zero-order chi connectivity index (χ0) is 14.5. The van der Waals surface area contributed by atoms with E-state index in [1.165, 1.54) is 0 Å². The van der Waals surface area contributed by atoms with E-state index in [0.29, 0.717) is 6.54 Å². The van der Waals surface area contributed by atoms with Crippen LogP contribution in [0.1, 0.15) is 10.4 Å². The summed E-state index contributed by atoms with van der Waals surface area (Å²) in [5, 5.41) is 0. The predicted molar refractivity (Wildman–Crippen MR) is 82.8 cm³/mol. The highest BCUT2D eigenvalue weighted by Gasteiger charge is 2.12. The van der Waals surface area contributed by atoms with Gasteiger partial charge in [-0.05, 0) is 11.6 Å². The Morgan fingerprint density at radius 3 is 2.05 bits per heavy atom. The molecule has 3 heteroatoms. The maximum absolute atomic E-state index is 12.2. The van der Waals surface area contributed by atoms with Crippen molar-refractivity contribution in [3.63, 3.8) is 0 Å². The quantitative estimate of drug-likeness (QED) is 0.495. The van der Waals surface area contributed by atoms with Gasteiger partial charge in [0.05, 0.1) is 0 Å². The van der Waals surface area contributed by atoms with E-state index >= 15 is 0 Å². The third-order valence-electron chi connectivity index (χ3n) is 3.39. The second kappa shape index (κ2) is 7.66. The summed E-state index contributed by atoms with van der Waals surface area (Å²) < 4.78 is 1.93. The number of ketones is 1. The van der Waals surface area contributed by atoms with Gasteiger partial charge in [0, 0.05) is 17.2 Å². The fourth-order valence-electron chi connectivity index (χ4n) is 2.30. The number of hydrogen-bond acceptors (Lipinski definition) is 1. The molecule has 0 radical (unpaired) electrons. The average Bonchev–Trinajstić information content (AvgIpc) is 2.57. The van der Waals surface area contributed by atoms with Crippen molar-refractivity contribution in [2.45, 2.75) is 6.54 Å². The van der Waals surface area contributed by atoms with E-state index in [0.717, 1.165) is 16.7 Å². The van der Waals surface area contributed by atoms with Crippen LogP contribution in [0.4, 0.5) is 0 Å². The van der Waals surface area contributed by atoms with Crippen LogP contribution in [0, 0.1) is 0 Å². The molecule has 0 N–H and O–H groups in total. The number of halogens is 1. The van der Waals surface area contributed by atoms with Crippen LogP contribution in [0.2, 0.25) is 0 Å². The Morgan fingerprint density at radius 1 is 0.773 bits per heavy atom. The minimum Gasteiger partial charge on any atom is -1.00 e. The molecule has 0 aliphatic rings. The summed E-state index contributed by atoms with van der Waals surface area (Å²) in [5.74, 6) is 0.116. The summed E-state index contributed by atoms with van der Waals surface area (Å²) in [7, 11) is 0. The molecule has 0 saturated heterocycles. The number of benzene rings is 2. The van der Waals surface area contributed by atoms with Crippen molar-refractivity contribution in [3.05, 3.63) is 90.8 Å². The topological polar surface area (TPSA) is 20.9 Å². The molecule has 110 valence electrons. The molecule has 0 aliphatic heterocycles. The van der Waals surface area contributed by atoms with Gasteiger partial charge in [-0.25, -0.2) is 0 Å². The highest BCUT2D eigenvalue weighted by Crippen LogP contribution is 2.16. The summed E-state index contributed by atoms with van der Waals surface area (Å²) in [6.07, 6.45) is 3.93. The molecule has 1 aromatic heterocycles. The number of rotatable bonds is 4. The third kappa shape index (κ3) is 3.89. The number of carbonyl (C=O) groups is 1. The van der Waals surface area contributed by atoms with Gasteiger partial charge in [-0.1, -0.05) is 60.7 Å². The zero-order valence-corrected chi connectivity index (χ0v) is 13.6. The van der Waals surface area contributed by atoms with Crippen molar-refractivity contribution in [1.82, 2.24) is 0 Å².